The van der Waals surface area contributed by atoms with E-state index in [1.54, 1.807) is 12.1 Å². The summed E-state index contributed by atoms with van der Waals surface area (Å²) in [5.41, 5.74) is 1.89. The molecule has 0 fully saturated rings. The third-order valence-corrected chi connectivity index (χ3v) is 1.19. The van der Waals surface area contributed by atoms with Crippen LogP contribution in [-0.4, -0.2) is 11.5 Å². The molecule has 0 radical (unpaired) electrons. The van der Waals surface area contributed by atoms with Gasteiger partial charge < -0.3 is 4.42 Å². The van der Waals surface area contributed by atoms with Gasteiger partial charge in [0.15, 0.2) is 5.76 Å². The Morgan fingerprint density at radius 3 is 2.69 bits per heavy atom. The van der Waals surface area contributed by atoms with Gasteiger partial charge in [-0.3, -0.25) is 9.63 Å². The molecule has 4 heteroatoms. The van der Waals surface area contributed by atoms with Crippen molar-refractivity contribution in [1.29, 1.82) is 0 Å². The molecule has 4 nitrogen and oxygen atoms in total. The number of nitrogens with one attached hydrogen (secondary N) is 1. The number of amides is 1. The van der Waals surface area contributed by atoms with E-state index in [0.717, 1.165) is 0 Å². The zero-order chi connectivity index (χ0) is 9.90. The van der Waals surface area contributed by atoms with E-state index in [9.17, 15) is 4.79 Å². The molecule has 0 atom stereocenters. The van der Waals surface area contributed by atoms with Crippen LogP contribution in [0, 0.1) is 0 Å². The Labute approximate surface area is 76.8 Å². The summed E-state index contributed by atoms with van der Waals surface area (Å²) >= 11 is 0. The first-order valence-electron chi connectivity index (χ1n) is 4.01. The average molecular weight is 183 g/mol. The molecule has 0 saturated carbocycles. The van der Waals surface area contributed by atoms with Gasteiger partial charge in [0.1, 0.15) is 0 Å². The molecule has 1 aromatic heterocycles. The van der Waals surface area contributed by atoms with E-state index in [1.165, 1.54) is 6.26 Å². The molecule has 1 aromatic rings. The summed E-state index contributed by atoms with van der Waals surface area (Å²) in [5.74, 6) is -0.135. The number of hydroxylamine groups is 1. The Morgan fingerprint density at radius 1 is 1.54 bits per heavy atom. The molecule has 0 bridgehead atoms. The number of furan rings is 1. The second-order valence-corrected chi connectivity index (χ2v) is 3.62. The maximum atomic E-state index is 11.2. The highest BCUT2D eigenvalue weighted by molar-refractivity contribution is 5.90. The minimum Gasteiger partial charge on any atom is -0.459 e. The fourth-order valence-electron chi connectivity index (χ4n) is 0.657. The van der Waals surface area contributed by atoms with Gasteiger partial charge in [0.2, 0.25) is 0 Å². The van der Waals surface area contributed by atoms with E-state index in [0.29, 0.717) is 0 Å². The zero-order valence-corrected chi connectivity index (χ0v) is 7.96. The topological polar surface area (TPSA) is 51.5 Å². The Hall–Kier alpha value is -1.29. The van der Waals surface area contributed by atoms with Crippen molar-refractivity contribution in [3.8, 4) is 0 Å². The molecule has 72 valence electrons. The van der Waals surface area contributed by atoms with Crippen LogP contribution in [0.25, 0.3) is 0 Å². The van der Waals surface area contributed by atoms with E-state index in [4.69, 9.17) is 9.25 Å². The summed E-state index contributed by atoms with van der Waals surface area (Å²) in [6, 6.07) is 3.22. The van der Waals surface area contributed by atoms with Gasteiger partial charge in [-0.2, -0.15) is 0 Å². The lowest BCUT2D eigenvalue weighted by atomic mass is 10.2. The lowest BCUT2D eigenvalue weighted by Crippen LogP contribution is -2.33. The van der Waals surface area contributed by atoms with E-state index < -0.39 is 5.60 Å². The van der Waals surface area contributed by atoms with Crippen molar-refractivity contribution in [3.63, 3.8) is 0 Å². The lowest BCUT2D eigenvalue weighted by molar-refractivity contribution is -0.0598. The van der Waals surface area contributed by atoms with E-state index in [1.807, 2.05) is 20.8 Å². The Kier molecular flexibility index (Phi) is 2.72. The highest BCUT2D eigenvalue weighted by Crippen LogP contribution is 2.05. The predicted octanol–water partition coefficient (Wildman–Crippen LogP) is 1.74. The van der Waals surface area contributed by atoms with Gasteiger partial charge in [0.05, 0.1) is 11.9 Å². The van der Waals surface area contributed by atoms with Gasteiger partial charge in [-0.25, -0.2) is 5.48 Å². The quantitative estimate of drug-likeness (QED) is 0.710. The molecular weight excluding hydrogens is 170 g/mol. The minimum atomic E-state index is -0.401. The van der Waals surface area contributed by atoms with Crippen molar-refractivity contribution in [2.45, 2.75) is 26.4 Å². The highest BCUT2D eigenvalue weighted by atomic mass is 16.7. The van der Waals surface area contributed by atoms with Gasteiger partial charge in [0.25, 0.3) is 0 Å². The third kappa shape index (κ3) is 3.29. The Bertz CT molecular complexity index is 272. The van der Waals surface area contributed by atoms with Gasteiger partial charge in [-0.05, 0) is 32.9 Å². The van der Waals surface area contributed by atoms with Crippen molar-refractivity contribution in [2.24, 2.45) is 0 Å². The summed E-state index contributed by atoms with van der Waals surface area (Å²) in [5, 5.41) is 0. The van der Waals surface area contributed by atoms with Crippen LogP contribution in [0.2, 0.25) is 0 Å². The molecular formula is C9H13NO3. The summed E-state index contributed by atoms with van der Waals surface area (Å²) in [7, 11) is 0. The minimum absolute atomic E-state index is 0.240. The van der Waals surface area contributed by atoms with Gasteiger partial charge in [-0.1, -0.05) is 0 Å². The fraction of sp³-hybridized carbons (Fsp3) is 0.444. The maximum Gasteiger partial charge on any atom is 0.310 e. The van der Waals surface area contributed by atoms with Crippen LogP contribution in [0.4, 0.5) is 0 Å². The van der Waals surface area contributed by atoms with Crippen LogP contribution in [0.1, 0.15) is 31.3 Å². The molecule has 0 spiro atoms. The van der Waals surface area contributed by atoms with Crippen LogP contribution < -0.4 is 5.48 Å². The van der Waals surface area contributed by atoms with E-state index in [2.05, 4.69) is 5.48 Å². The van der Waals surface area contributed by atoms with Crippen LogP contribution in [0.15, 0.2) is 22.8 Å². The zero-order valence-electron chi connectivity index (χ0n) is 7.96. The van der Waals surface area contributed by atoms with Crippen molar-refractivity contribution in [1.82, 2.24) is 5.48 Å². The molecule has 0 aliphatic heterocycles. The maximum absolute atomic E-state index is 11.2. The molecule has 0 aromatic carbocycles. The first-order valence-corrected chi connectivity index (χ1v) is 4.01. The summed E-state index contributed by atoms with van der Waals surface area (Å²) in [6.07, 6.45) is 1.44. The Morgan fingerprint density at radius 2 is 2.23 bits per heavy atom. The largest absolute Gasteiger partial charge is 0.459 e. The fourth-order valence-corrected chi connectivity index (χ4v) is 0.657. The average Bonchev–Trinajstić information content (AvgIpc) is 2.50. The summed E-state index contributed by atoms with van der Waals surface area (Å²) < 4.78 is 4.87. The van der Waals surface area contributed by atoms with Gasteiger partial charge in [0, 0.05) is 0 Å². The molecule has 1 amide bonds. The van der Waals surface area contributed by atoms with Crippen molar-refractivity contribution >= 4 is 5.91 Å². The molecule has 1 heterocycles. The van der Waals surface area contributed by atoms with Crippen molar-refractivity contribution in [3.05, 3.63) is 24.2 Å². The number of hydrogen-bond donors (Lipinski definition) is 1. The standard InChI is InChI=1S/C9H13NO3/c1-9(2,3)13-10-8(11)7-5-4-6-12-7/h4-6H,1-3H3,(H,10,11). The molecule has 0 unspecified atom stereocenters. The SMILES string of the molecule is CC(C)(C)ONC(=O)c1ccco1. The molecule has 1 N–H and O–H groups in total. The van der Waals surface area contributed by atoms with Crippen LogP contribution in [-0.2, 0) is 4.84 Å². The van der Waals surface area contributed by atoms with Crippen molar-refractivity contribution < 1.29 is 14.0 Å². The first-order chi connectivity index (χ1) is 5.99. The monoisotopic (exact) mass is 183 g/mol. The molecule has 0 saturated heterocycles. The van der Waals surface area contributed by atoms with Gasteiger partial charge in [-0.15, -0.1) is 0 Å². The number of hydrogen-bond acceptors (Lipinski definition) is 3. The molecule has 13 heavy (non-hydrogen) atoms. The first kappa shape index (κ1) is 9.80. The lowest BCUT2D eigenvalue weighted by Gasteiger charge is -2.18. The van der Waals surface area contributed by atoms with Crippen LogP contribution in [0.5, 0.6) is 0 Å². The van der Waals surface area contributed by atoms with E-state index >= 15 is 0 Å². The second kappa shape index (κ2) is 3.62. The highest BCUT2D eigenvalue weighted by Gasteiger charge is 2.14. The Balaban J connectivity index is 2.44. The number of carbonyl (C=O) groups is 1. The number of rotatable bonds is 2. The van der Waals surface area contributed by atoms with Gasteiger partial charge >= 0.3 is 5.91 Å². The van der Waals surface area contributed by atoms with E-state index in [-0.39, 0.29) is 11.7 Å². The third-order valence-electron chi connectivity index (χ3n) is 1.19. The predicted molar refractivity (Wildman–Crippen MR) is 47.0 cm³/mol. The summed E-state index contributed by atoms with van der Waals surface area (Å²) in [4.78, 5) is 16.3. The molecule has 0 aliphatic rings. The summed E-state index contributed by atoms with van der Waals surface area (Å²) in [6.45, 7) is 5.53. The van der Waals surface area contributed by atoms with Crippen molar-refractivity contribution in [2.75, 3.05) is 0 Å². The normalized spacial score (nSPS) is 11.3. The second-order valence-electron chi connectivity index (χ2n) is 3.62. The number of carbonyl (C=O) groups excluding carboxylic acids is 1. The molecule has 0 aliphatic carbocycles. The smallest absolute Gasteiger partial charge is 0.310 e. The molecule has 1 rings (SSSR count). The van der Waals surface area contributed by atoms with Crippen LogP contribution >= 0.6 is 0 Å². The van der Waals surface area contributed by atoms with Crippen LogP contribution in [0.3, 0.4) is 0 Å².